The molecule has 0 bridgehead atoms. The van der Waals surface area contributed by atoms with E-state index in [2.05, 4.69) is 14.9 Å². The van der Waals surface area contributed by atoms with Crippen molar-refractivity contribution in [1.29, 1.82) is 0 Å². The van der Waals surface area contributed by atoms with E-state index >= 15 is 0 Å². The third-order valence-electron chi connectivity index (χ3n) is 3.00. The van der Waals surface area contributed by atoms with Crippen molar-refractivity contribution in [2.45, 2.75) is 27.3 Å². The zero-order chi connectivity index (χ0) is 13.3. The predicted molar refractivity (Wildman–Crippen MR) is 71.5 cm³/mol. The summed E-state index contributed by atoms with van der Waals surface area (Å²) in [5, 5.41) is 0. The van der Waals surface area contributed by atoms with Gasteiger partial charge < -0.3 is 15.1 Å². The van der Waals surface area contributed by atoms with Gasteiger partial charge >= 0.3 is 0 Å². The normalized spacial score (nSPS) is 10.7. The average Bonchev–Trinajstić information content (AvgIpc) is 2.69. The molecule has 0 radical (unpaired) electrons. The van der Waals surface area contributed by atoms with Gasteiger partial charge in [-0.25, -0.2) is 9.97 Å². The molecule has 0 aliphatic rings. The van der Waals surface area contributed by atoms with Crippen molar-refractivity contribution >= 4 is 11.6 Å². The van der Waals surface area contributed by atoms with E-state index in [1.807, 2.05) is 33.9 Å². The molecule has 0 aliphatic heterocycles. The van der Waals surface area contributed by atoms with Gasteiger partial charge in [0, 0.05) is 24.7 Å². The highest BCUT2D eigenvalue weighted by molar-refractivity contribution is 5.56. The lowest BCUT2D eigenvalue weighted by molar-refractivity contribution is 0.529. The largest absolute Gasteiger partial charge is 0.469 e. The number of nitrogens with zero attached hydrogens (tertiary/aromatic N) is 3. The van der Waals surface area contributed by atoms with Gasteiger partial charge in [0.1, 0.15) is 23.2 Å². The van der Waals surface area contributed by atoms with Crippen LogP contribution < -0.4 is 10.6 Å². The first-order valence-corrected chi connectivity index (χ1v) is 5.84. The van der Waals surface area contributed by atoms with Crippen molar-refractivity contribution in [3.63, 3.8) is 0 Å². The number of anilines is 2. The van der Waals surface area contributed by atoms with Crippen molar-refractivity contribution in [2.24, 2.45) is 0 Å². The summed E-state index contributed by atoms with van der Waals surface area (Å²) >= 11 is 0. The number of nitrogen functional groups attached to an aromatic ring is 1. The van der Waals surface area contributed by atoms with Gasteiger partial charge in [-0.05, 0) is 26.8 Å². The van der Waals surface area contributed by atoms with Crippen LogP contribution in [0.4, 0.5) is 11.6 Å². The van der Waals surface area contributed by atoms with E-state index in [9.17, 15) is 0 Å². The highest BCUT2D eigenvalue weighted by Crippen LogP contribution is 2.22. The molecule has 0 spiro atoms. The molecule has 2 aromatic heterocycles. The lowest BCUT2D eigenvalue weighted by atomic mass is 10.2. The summed E-state index contributed by atoms with van der Waals surface area (Å²) in [6.07, 6.45) is 1.70. The van der Waals surface area contributed by atoms with Gasteiger partial charge in [-0.15, -0.1) is 0 Å². The number of aromatic nitrogens is 2. The first-order chi connectivity index (χ1) is 8.49. The van der Waals surface area contributed by atoms with Crippen LogP contribution in [0.5, 0.6) is 0 Å². The molecular formula is C13H18N4O. The molecule has 2 heterocycles. The SMILES string of the molecule is Cc1nc(N)c(C)c(N(C)Cc2ccoc2C)n1. The number of nitrogens with two attached hydrogens (primary N) is 1. The third kappa shape index (κ3) is 2.30. The lowest BCUT2D eigenvalue weighted by Crippen LogP contribution is -2.20. The topological polar surface area (TPSA) is 68.2 Å². The van der Waals surface area contributed by atoms with Crippen LogP contribution >= 0.6 is 0 Å². The Labute approximate surface area is 107 Å². The maximum Gasteiger partial charge on any atom is 0.137 e. The summed E-state index contributed by atoms with van der Waals surface area (Å²) in [4.78, 5) is 10.7. The minimum atomic E-state index is 0.535. The second-order valence-electron chi connectivity index (χ2n) is 4.46. The molecule has 5 heteroatoms. The zero-order valence-electron chi connectivity index (χ0n) is 11.2. The first kappa shape index (κ1) is 12.4. The van der Waals surface area contributed by atoms with Crippen molar-refractivity contribution in [3.05, 3.63) is 35.0 Å². The molecular weight excluding hydrogens is 228 g/mol. The van der Waals surface area contributed by atoms with Crippen molar-refractivity contribution in [3.8, 4) is 0 Å². The number of rotatable bonds is 3. The Bertz CT molecular complexity index is 562. The van der Waals surface area contributed by atoms with Gasteiger partial charge in [-0.2, -0.15) is 0 Å². The molecule has 0 aliphatic carbocycles. The van der Waals surface area contributed by atoms with Gasteiger partial charge in [-0.1, -0.05) is 0 Å². The molecule has 0 aromatic carbocycles. The second kappa shape index (κ2) is 4.68. The van der Waals surface area contributed by atoms with Gasteiger partial charge in [0.2, 0.25) is 0 Å². The number of hydrogen-bond donors (Lipinski definition) is 1. The van der Waals surface area contributed by atoms with E-state index in [0.717, 1.165) is 29.2 Å². The Balaban J connectivity index is 2.29. The fourth-order valence-corrected chi connectivity index (χ4v) is 1.91. The Morgan fingerprint density at radius 2 is 2.00 bits per heavy atom. The van der Waals surface area contributed by atoms with Crippen LogP contribution in [0.1, 0.15) is 22.7 Å². The summed E-state index contributed by atoms with van der Waals surface area (Å²) in [6.45, 7) is 6.47. The van der Waals surface area contributed by atoms with Crippen molar-refractivity contribution < 1.29 is 4.42 Å². The monoisotopic (exact) mass is 246 g/mol. The van der Waals surface area contributed by atoms with Crippen LogP contribution in [-0.2, 0) is 6.54 Å². The highest BCUT2D eigenvalue weighted by atomic mass is 16.3. The Morgan fingerprint density at radius 3 is 2.61 bits per heavy atom. The van der Waals surface area contributed by atoms with Crippen molar-refractivity contribution in [1.82, 2.24) is 9.97 Å². The number of aryl methyl sites for hydroxylation is 2. The Morgan fingerprint density at radius 1 is 1.28 bits per heavy atom. The summed E-state index contributed by atoms with van der Waals surface area (Å²) in [5.74, 6) is 3.01. The van der Waals surface area contributed by atoms with E-state index in [0.29, 0.717) is 11.6 Å². The predicted octanol–water partition coefficient (Wildman–Crippen LogP) is 2.21. The molecule has 0 atom stereocenters. The standard InChI is InChI=1S/C13H18N4O/c1-8-12(14)15-10(3)16-13(8)17(4)7-11-5-6-18-9(11)2/h5-6H,7H2,1-4H3,(H2,14,15,16). The highest BCUT2D eigenvalue weighted by Gasteiger charge is 2.13. The van der Waals surface area contributed by atoms with Crippen LogP contribution in [0.2, 0.25) is 0 Å². The molecule has 2 N–H and O–H groups in total. The second-order valence-corrected chi connectivity index (χ2v) is 4.46. The van der Waals surface area contributed by atoms with E-state index in [1.54, 1.807) is 6.26 Å². The van der Waals surface area contributed by atoms with Gasteiger partial charge in [0.15, 0.2) is 0 Å². The molecule has 2 aromatic rings. The lowest BCUT2D eigenvalue weighted by Gasteiger charge is -2.20. The summed E-state index contributed by atoms with van der Waals surface area (Å²) in [7, 11) is 1.99. The minimum absolute atomic E-state index is 0.535. The molecule has 0 unspecified atom stereocenters. The average molecular weight is 246 g/mol. The molecule has 0 fully saturated rings. The smallest absolute Gasteiger partial charge is 0.137 e. The van der Waals surface area contributed by atoms with Crippen LogP contribution in [-0.4, -0.2) is 17.0 Å². The van der Waals surface area contributed by atoms with E-state index < -0.39 is 0 Å². The van der Waals surface area contributed by atoms with E-state index in [1.165, 1.54) is 0 Å². The molecule has 96 valence electrons. The Kier molecular flexibility index (Phi) is 3.23. The summed E-state index contributed by atoms with van der Waals surface area (Å²) < 4.78 is 5.29. The fourth-order valence-electron chi connectivity index (χ4n) is 1.91. The molecule has 18 heavy (non-hydrogen) atoms. The van der Waals surface area contributed by atoms with Crippen LogP contribution in [0, 0.1) is 20.8 Å². The van der Waals surface area contributed by atoms with Crippen LogP contribution in [0.25, 0.3) is 0 Å². The van der Waals surface area contributed by atoms with E-state index in [4.69, 9.17) is 10.2 Å². The van der Waals surface area contributed by atoms with Crippen LogP contribution in [0.3, 0.4) is 0 Å². The van der Waals surface area contributed by atoms with Gasteiger partial charge in [0.25, 0.3) is 0 Å². The molecule has 0 amide bonds. The molecule has 5 nitrogen and oxygen atoms in total. The fraction of sp³-hybridized carbons (Fsp3) is 0.385. The number of furan rings is 1. The summed E-state index contributed by atoms with van der Waals surface area (Å²) in [6, 6.07) is 1.97. The van der Waals surface area contributed by atoms with Crippen molar-refractivity contribution in [2.75, 3.05) is 17.7 Å². The molecule has 2 rings (SSSR count). The van der Waals surface area contributed by atoms with E-state index in [-0.39, 0.29) is 0 Å². The molecule has 0 saturated carbocycles. The minimum Gasteiger partial charge on any atom is -0.469 e. The Hall–Kier alpha value is -2.04. The maximum atomic E-state index is 5.87. The van der Waals surface area contributed by atoms with Gasteiger partial charge in [-0.3, -0.25) is 0 Å². The van der Waals surface area contributed by atoms with Crippen LogP contribution in [0.15, 0.2) is 16.7 Å². The molecule has 0 saturated heterocycles. The number of hydrogen-bond acceptors (Lipinski definition) is 5. The zero-order valence-corrected chi connectivity index (χ0v) is 11.2. The van der Waals surface area contributed by atoms with Gasteiger partial charge in [0.05, 0.1) is 6.26 Å². The quantitative estimate of drug-likeness (QED) is 0.899. The summed E-state index contributed by atoms with van der Waals surface area (Å²) in [5.41, 5.74) is 7.92. The first-order valence-electron chi connectivity index (χ1n) is 5.84. The third-order valence-corrected chi connectivity index (χ3v) is 3.00. The maximum absolute atomic E-state index is 5.87.